The van der Waals surface area contributed by atoms with Crippen molar-refractivity contribution in [2.45, 2.75) is 66.1 Å². The van der Waals surface area contributed by atoms with Crippen LogP contribution >= 0.6 is 0 Å². The van der Waals surface area contributed by atoms with Crippen molar-refractivity contribution in [1.82, 2.24) is 10.1 Å². The van der Waals surface area contributed by atoms with Gasteiger partial charge in [0, 0.05) is 0 Å². The second-order valence-corrected chi connectivity index (χ2v) is 13.4. The maximum absolute atomic E-state index is 2.72. The minimum atomic E-state index is -2.72. The summed E-state index contributed by atoms with van der Waals surface area (Å²) >= 11 is -2.72. The van der Waals surface area contributed by atoms with E-state index >= 15 is 0 Å². The Labute approximate surface area is 137 Å². The van der Waals surface area contributed by atoms with Crippen LogP contribution in [0.4, 0.5) is 0 Å². The van der Waals surface area contributed by atoms with E-state index in [-0.39, 0.29) is 0 Å². The minimum absolute atomic E-state index is 0.550. The van der Waals surface area contributed by atoms with Crippen molar-refractivity contribution >= 4 is 0 Å². The van der Waals surface area contributed by atoms with Gasteiger partial charge in [0.2, 0.25) is 0 Å². The molecule has 0 saturated heterocycles. The van der Waals surface area contributed by atoms with Gasteiger partial charge in [-0.1, -0.05) is 0 Å². The molecule has 0 aliphatic heterocycles. The zero-order chi connectivity index (χ0) is 16.4. The van der Waals surface area contributed by atoms with E-state index in [1.807, 2.05) is 0 Å². The fourth-order valence-corrected chi connectivity index (χ4v) is 12.1. The molecule has 21 heavy (non-hydrogen) atoms. The Morgan fingerprint density at radius 2 is 1.19 bits per heavy atom. The van der Waals surface area contributed by atoms with Gasteiger partial charge in [-0.05, 0) is 0 Å². The molecule has 0 aromatic heterocycles. The van der Waals surface area contributed by atoms with Gasteiger partial charge in [0.15, 0.2) is 0 Å². The molecule has 1 rings (SSSR count). The average Bonchev–Trinajstić information content (AvgIpc) is 2.92. The monoisotopic (exact) mass is 329 g/mol. The molecule has 0 aromatic rings. The van der Waals surface area contributed by atoms with Crippen molar-refractivity contribution in [3.05, 3.63) is 22.1 Å². The normalized spacial score (nSPS) is 16.4. The molecule has 0 heterocycles. The van der Waals surface area contributed by atoms with Gasteiger partial charge in [0.05, 0.1) is 0 Å². The number of nitrogens with zero attached hydrogens (tertiary/aromatic N) is 3. The molecule has 0 fully saturated rings. The SMILES string of the molecule is CC(C)[N](C)[Ti]([C]1=CC=CC1)([N](C)C(C)C)[N](C)C(C)C. The van der Waals surface area contributed by atoms with Crippen molar-refractivity contribution in [2.75, 3.05) is 21.1 Å². The molecule has 0 saturated carbocycles. The summed E-state index contributed by atoms with van der Waals surface area (Å²) in [5, 5.41) is 0. The summed E-state index contributed by atoms with van der Waals surface area (Å²) in [6, 6.07) is 1.65. The van der Waals surface area contributed by atoms with E-state index in [1.54, 1.807) is 3.88 Å². The van der Waals surface area contributed by atoms with E-state index in [0.29, 0.717) is 18.1 Å². The predicted molar refractivity (Wildman–Crippen MR) is 90.5 cm³/mol. The van der Waals surface area contributed by atoms with Gasteiger partial charge in [-0.3, -0.25) is 0 Å². The van der Waals surface area contributed by atoms with Crippen LogP contribution in [0.5, 0.6) is 0 Å². The van der Waals surface area contributed by atoms with Crippen LogP contribution in [0.2, 0.25) is 0 Å². The molecule has 0 amide bonds. The zero-order valence-electron chi connectivity index (χ0n) is 15.5. The molecule has 0 spiro atoms. The third-order valence-electron chi connectivity index (χ3n) is 5.00. The molecule has 0 radical (unpaired) electrons. The van der Waals surface area contributed by atoms with Gasteiger partial charge in [-0.2, -0.15) is 0 Å². The molecule has 122 valence electrons. The van der Waals surface area contributed by atoms with Crippen LogP contribution in [0.3, 0.4) is 0 Å². The first-order chi connectivity index (χ1) is 9.67. The van der Waals surface area contributed by atoms with Crippen molar-refractivity contribution in [2.24, 2.45) is 0 Å². The van der Waals surface area contributed by atoms with E-state index in [4.69, 9.17) is 0 Å². The molecular weight excluding hydrogens is 294 g/mol. The molecule has 1 aliphatic rings. The standard InChI is InChI=1S/C5H5.3C4H10N.Ti/c1-2-4-5-3-1;3*1-4(2)5-3;/h1-3H,4H2;3*4H,1-3H3;/q;3*-1;+3. The van der Waals surface area contributed by atoms with E-state index in [2.05, 4.69) is 91.1 Å². The molecule has 0 aromatic carbocycles. The van der Waals surface area contributed by atoms with Crippen molar-refractivity contribution in [3.8, 4) is 0 Å². The van der Waals surface area contributed by atoms with Gasteiger partial charge in [0.1, 0.15) is 0 Å². The Morgan fingerprint density at radius 1 is 0.810 bits per heavy atom. The van der Waals surface area contributed by atoms with Gasteiger partial charge in [0.25, 0.3) is 0 Å². The van der Waals surface area contributed by atoms with Crippen LogP contribution in [-0.4, -0.2) is 49.4 Å². The predicted octanol–water partition coefficient (Wildman–Crippen LogP) is 3.75. The van der Waals surface area contributed by atoms with E-state index in [1.165, 1.54) is 0 Å². The van der Waals surface area contributed by atoms with Crippen LogP contribution in [0.1, 0.15) is 48.0 Å². The molecular formula is C17H35N3Ti. The first kappa shape index (κ1) is 19.1. The molecule has 0 bridgehead atoms. The number of hydrogen-bond donors (Lipinski definition) is 0. The summed E-state index contributed by atoms with van der Waals surface area (Å²) in [4.78, 5) is 0. The summed E-state index contributed by atoms with van der Waals surface area (Å²) in [5.41, 5.74) is 0. The van der Waals surface area contributed by atoms with Crippen LogP contribution in [0, 0.1) is 0 Å². The second kappa shape index (κ2) is 7.56. The Kier molecular flexibility index (Phi) is 6.89. The van der Waals surface area contributed by atoms with Crippen LogP contribution < -0.4 is 0 Å². The van der Waals surface area contributed by atoms with Gasteiger partial charge in [-0.15, -0.1) is 0 Å². The molecule has 0 atom stereocenters. The molecule has 1 aliphatic carbocycles. The summed E-state index contributed by atoms with van der Waals surface area (Å²) < 4.78 is 9.73. The number of hydrogen-bond acceptors (Lipinski definition) is 3. The number of allylic oxidation sites excluding steroid dienone is 4. The Balaban J connectivity index is 3.47. The summed E-state index contributed by atoms with van der Waals surface area (Å²) in [6.45, 7) is 13.9. The topological polar surface area (TPSA) is 9.72 Å². The third kappa shape index (κ3) is 3.53. The Hall–Kier alpha value is 0.0743. The van der Waals surface area contributed by atoms with Gasteiger partial charge < -0.3 is 0 Å². The summed E-state index contributed by atoms with van der Waals surface area (Å²) in [5.74, 6) is 0. The van der Waals surface area contributed by atoms with Crippen LogP contribution in [0.25, 0.3) is 0 Å². The van der Waals surface area contributed by atoms with E-state index in [0.717, 1.165) is 6.42 Å². The van der Waals surface area contributed by atoms with Crippen LogP contribution in [-0.2, 0) is 17.4 Å². The fraction of sp³-hybridized carbons (Fsp3) is 0.765. The molecule has 0 N–H and O–H groups in total. The summed E-state index contributed by atoms with van der Waals surface area (Å²) in [7, 11) is 7.00. The van der Waals surface area contributed by atoms with Gasteiger partial charge >= 0.3 is 137 Å². The van der Waals surface area contributed by atoms with Crippen molar-refractivity contribution < 1.29 is 17.4 Å². The summed E-state index contributed by atoms with van der Waals surface area (Å²) in [6.07, 6.45) is 8.06. The van der Waals surface area contributed by atoms with E-state index < -0.39 is 17.4 Å². The molecule has 3 nitrogen and oxygen atoms in total. The van der Waals surface area contributed by atoms with Crippen molar-refractivity contribution in [1.29, 1.82) is 0 Å². The zero-order valence-corrected chi connectivity index (χ0v) is 17.1. The Morgan fingerprint density at radius 3 is 1.43 bits per heavy atom. The molecule has 4 heteroatoms. The first-order valence-electron chi connectivity index (χ1n) is 8.22. The second-order valence-electron chi connectivity index (χ2n) is 7.07. The Bertz CT molecular complexity index is 363. The van der Waals surface area contributed by atoms with E-state index in [9.17, 15) is 0 Å². The average molecular weight is 329 g/mol. The van der Waals surface area contributed by atoms with Gasteiger partial charge in [-0.25, -0.2) is 0 Å². The quantitative estimate of drug-likeness (QED) is 0.659. The third-order valence-corrected chi connectivity index (χ3v) is 14.0. The first-order valence-corrected chi connectivity index (χ1v) is 11.1. The fourth-order valence-electron chi connectivity index (χ4n) is 3.20. The van der Waals surface area contributed by atoms with Crippen molar-refractivity contribution in [3.63, 3.8) is 0 Å². The maximum atomic E-state index is 2.69. The number of rotatable bonds is 7. The molecule has 0 unspecified atom stereocenters. The van der Waals surface area contributed by atoms with Crippen LogP contribution in [0.15, 0.2) is 22.1 Å².